The van der Waals surface area contributed by atoms with Gasteiger partial charge in [-0.2, -0.15) is 0 Å². The van der Waals surface area contributed by atoms with Gasteiger partial charge in [0.1, 0.15) is 17.3 Å². The van der Waals surface area contributed by atoms with Gasteiger partial charge in [0.15, 0.2) is 0 Å². The van der Waals surface area contributed by atoms with Crippen LogP contribution in [0.1, 0.15) is 30.4 Å². The van der Waals surface area contributed by atoms with Crippen LogP contribution >= 0.6 is 23.2 Å². The van der Waals surface area contributed by atoms with Crippen LogP contribution in [0.15, 0.2) is 36.4 Å². The van der Waals surface area contributed by atoms with Gasteiger partial charge < -0.3 is 15.5 Å². The Labute approximate surface area is 200 Å². The van der Waals surface area contributed by atoms with Gasteiger partial charge in [0.25, 0.3) is 0 Å². The van der Waals surface area contributed by atoms with Crippen molar-refractivity contribution in [3.8, 4) is 0 Å². The van der Waals surface area contributed by atoms with Crippen LogP contribution in [0.2, 0.25) is 10.0 Å². The van der Waals surface area contributed by atoms with Gasteiger partial charge in [-0.25, -0.2) is 9.18 Å². The molecule has 2 unspecified atom stereocenters. The molecule has 2 aliphatic heterocycles. The molecule has 4 rings (SSSR count). The second-order valence-corrected chi connectivity index (χ2v) is 9.40. The number of amides is 2. The number of anilines is 1. The Morgan fingerprint density at radius 2 is 2.06 bits per heavy atom. The highest BCUT2D eigenvalue weighted by molar-refractivity contribution is 6.31. The molecule has 0 saturated carbocycles. The van der Waals surface area contributed by atoms with Crippen molar-refractivity contribution in [2.24, 2.45) is 0 Å². The molecule has 0 aliphatic carbocycles. The van der Waals surface area contributed by atoms with E-state index in [2.05, 4.69) is 10.6 Å². The van der Waals surface area contributed by atoms with Crippen LogP contribution in [0.5, 0.6) is 0 Å². The van der Waals surface area contributed by atoms with Crippen molar-refractivity contribution in [3.05, 3.63) is 63.4 Å². The first-order chi connectivity index (χ1) is 15.7. The zero-order chi connectivity index (χ0) is 23.9. The monoisotopic (exact) mass is 496 g/mol. The van der Waals surface area contributed by atoms with Gasteiger partial charge in [0.2, 0.25) is 5.91 Å². The van der Waals surface area contributed by atoms with Crippen molar-refractivity contribution >= 4 is 40.7 Å². The van der Waals surface area contributed by atoms with Crippen molar-refractivity contribution in [3.63, 3.8) is 0 Å². The van der Waals surface area contributed by atoms with E-state index in [-0.39, 0.29) is 36.4 Å². The SMILES string of the molecule is CC1N[C@@H](C(=O)[NH2+]CCC(O)CO)[C@H](c2cccc(Cl)c2)[C@@]12C(=O)Nc1cc(Cl)c(F)cc12. The molecular weight excluding hydrogens is 472 g/mol. The fourth-order valence-corrected chi connectivity index (χ4v) is 5.51. The summed E-state index contributed by atoms with van der Waals surface area (Å²) in [5, 5.41) is 26.5. The maximum atomic E-state index is 14.6. The van der Waals surface area contributed by atoms with Crippen LogP contribution < -0.4 is 16.0 Å². The molecule has 0 radical (unpaired) electrons. The summed E-state index contributed by atoms with van der Waals surface area (Å²) in [4.78, 5) is 26.8. The predicted molar refractivity (Wildman–Crippen MR) is 122 cm³/mol. The van der Waals surface area contributed by atoms with Crippen LogP contribution in [0.4, 0.5) is 10.1 Å². The average molecular weight is 497 g/mol. The van der Waals surface area contributed by atoms with E-state index in [9.17, 15) is 19.1 Å². The molecule has 2 aromatic carbocycles. The third-order valence-corrected chi connectivity index (χ3v) is 7.16. The molecule has 5 atom stereocenters. The van der Waals surface area contributed by atoms with Gasteiger partial charge in [0.05, 0.1) is 24.3 Å². The third kappa shape index (κ3) is 4.05. The fourth-order valence-electron chi connectivity index (χ4n) is 5.15. The summed E-state index contributed by atoms with van der Waals surface area (Å²) >= 11 is 12.2. The molecule has 10 heteroatoms. The number of aliphatic hydroxyl groups excluding tert-OH is 2. The Kier molecular flexibility index (Phi) is 6.77. The molecule has 0 aromatic heterocycles. The number of benzene rings is 2. The van der Waals surface area contributed by atoms with Crippen molar-refractivity contribution in [1.29, 1.82) is 0 Å². The number of primary amides is 1. The lowest BCUT2D eigenvalue weighted by Gasteiger charge is -2.33. The Morgan fingerprint density at radius 1 is 1.30 bits per heavy atom. The van der Waals surface area contributed by atoms with Crippen molar-refractivity contribution in [2.45, 2.75) is 42.9 Å². The van der Waals surface area contributed by atoms with E-state index in [1.807, 2.05) is 0 Å². The van der Waals surface area contributed by atoms with E-state index in [0.717, 1.165) is 0 Å². The van der Waals surface area contributed by atoms with E-state index in [1.165, 1.54) is 17.4 Å². The first-order valence-corrected chi connectivity index (χ1v) is 11.4. The van der Waals surface area contributed by atoms with Gasteiger partial charge in [-0.05, 0) is 42.3 Å². The maximum absolute atomic E-state index is 14.6. The quantitative estimate of drug-likeness (QED) is 0.413. The molecular formula is C23H25Cl2FN3O4+. The fraction of sp³-hybridized carbons (Fsp3) is 0.391. The number of hydrogen-bond donors (Lipinski definition) is 5. The molecule has 33 heavy (non-hydrogen) atoms. The summed E-state index contributed by atoms with van der Waals surface area (Å²) in [7, 11) is 0. The number of aliphatic hydroxyl groups is 2. The highest BCUT2D eigenvalue weighted by Crippen LogP contribution is 2.55. The topological polar surface area (TPSA) is 115 Å². The molecule has 2 amide bonds. The van der Waals surface area contributed by atoms with E-state index < -0.39 is 35.3 Å². The Hall–Kier alpha value is -2.07. The van der Waals surface area contributed by atoms with Gasteiger partial charge in [-0.3, -0.25) is 15.4 Å². The van der Waals surface area contributed by atoms with Crippen LogP contribution in [0.3, 0.4) is 0 Å². The summed E-state index contributed by atoms with van der Waals surface area (Å²) in [6.45, 7) is 1.66. The molecule has 7 nitrogen and oxygen atoms in total. The number of quaternary nitrogens is 1. The molecule has 2 aliphatic rings. The number of nitrogens with one attached hydrogen (secondary N) is 2. The van der Waals surface area contributed by atoms with Crippen molar-refractivity contribution in [2.75, 3.05) is 18.5 Å². The normalized spacial score (nSPS) is 27.0. The number of fused-ring (bicyclic) bond motifs is 2. The lowest BCUT2D eigenvalue weighted by atomic mass is 9.65. The van der Waals surface area contributed by atoms with Crippen molar-refractivity contribution in [1.82, 2.24) is 5.32 Å². The number of nitrogens with two attached hydrogens (primary N) is 1. The van der Waals surface area contributed by atoms with Crippen LogP contribution in [-0.2, 0) is 15.0 Å². The zero-order valence-electron chi connectivity index (χ0n) is 17.8. The van der Waals surface area contributed by atoms with Crippen molar-refractivity contribution < 1.29 is 29.5 Å². The lowest BCUT2D eigenvalue weighted by Crippen LogP contribution is -2.91. The van der Waals surface area contributed by atoms with Crippen LogP contribution in [0.25, 0.3) is 0 Å². The first-order valence-electron chi connectivity index (χ1n) is 10.7. The molecule has 1 saturated heterocycles. The number of hydrogen-bond acceptors (Lipinski definition) is 5. The standard InChI is InChI=1S/C23H24Cl2FN3O4/c1-11-23(15-8-17(26)16(25)9-18(15)29-22(23)33)19(12-3-2-4-13(24)7-12)20(28-11)21(32)27-6-5-14(31)10-30/h2-4,7-9,11,14,19-20,28,30-31H,5-6,10H2,1H3,(H,27,32)(H,29,33)/p+1/t11?,14?,19-,20+,23+/m0/s1. The first kappa shape index (κ1) is 24.1. The molecule has 2 aromatic rings. The Morgan fingerprint density at radius 3 is 2.76 bits per heavy atom. The van der Waals surface area contributed by atoms with Gasteiger partial charge >= 0.3 is 5.91 Å². The summed E-state index contributed by atoms with van der Waals surface area (Å²) in [5.41, 5.74) is 0.241. The Bertz CT molecular complexity index is 1100. The Balaban J connectivity index is 1.80. The number of rotatable bonds is 6. The maximum Gasteiger partial charge on any atom is 0.328 e. The second-order valence-electron chi connectivity index (χ2n) is 8.55. The van der Waals surface area contributed by atoms with Crippen LogP contribution in [0, 0.1) is 5.82 Å². The van der Waals surface area contributed by atoms with Gasteiger partial charge in [0, 0.05) is 29.1 Å². The minimum atomic E-state index is -1.27. The molecule has 1 fully saturated rings. The smallest absolute Gasteiger partial charge is 0.328 e. The van der Waals surface area contributed by atoms with E-state index >= 15 is 0 Å². The largest absolute Gasteiger partial charge is 0.394 e. The minimum absolute atomic E-state index is 0.104. The predicted octanol–water partition coefficient (Wildman–Crippen LogP) is 1.30. The molecule has 2 heterocycles. The highest BCUT2D eigenvalue weighted by Gasteiger charge is 2.65. The van der Waals surface area contributed by atoms with E-state index in [4.69, 9.17) is 28.3 Å². The minimum Gasteiger partial charge on any atom is -0.394 e. The number of carbonyl (C=O) groups is 2. The second kappa shape index (κ2) is 9.29. The summed E-state index contributed by atoms with van der Waals surface area (Å²) < 4.78 is 14.6. The van der Waals surface area contributed by atoms with E-state index in [1.54, 1.807) is 31.2 Å². The lowest BCUT2D eigenvalue weighted by molar-refractivity contribution is -0.571. The highest BCUT2D eigenvalue weighted by atomic mass is 35.5. The third-order valence-electron chi connectivity index (χ3n) is 6.64. The average Bonchev–Trinajstić information content (AvgIpc) is 3.23. The number of carbonyl (C=O) groups excluding carboxylic acids is 2. The molecule has 1 spiro atoms. The number of halogens is 3. The summed E-state index contributed by atoms with van der Waals surface area (Å²) in [6, 6.07) is 8.29. The van der Waals surface area contributed by atoms with Gasteiger partial charge in [-0.1, -0.05) is 35.3 Å². The van der Waals surface area contributed by atoms with Gasteiger partial charge in [-0.15, -0.1) is 0 Å². The summed E-state index contributed by atoms with van der Waals surface area (Å²) in [5.74, 6) is -1.94. The van der Waals surface area contributed by atoms with E-state index in [0.29, 0.717) is 21.8 Å². The zero-order valence-corrected chi connectivity index (χ0v) is 19.3. The molecule has 176 valence electrons. The van der Waals surface area contributed by atoms with Crippen LogP contribution in [-0.4, -0.2) is 53.4 Å². The molecule has 6 N–H and O–H groups in total. The summed E-state index contributed by atoms with van der Waals surface area (Å²) in [6.07, 6.45) is -0.690. The molecule has 0 bridgehead atoms.